The first-order valence-corrected chi connectivity index (χ1v) is 17.8. The Kier molecular flexibility index (Phi) is 10.1. The van der Waals surface area contributed by atoms with Gasteiger partial charge in [-0.1, -0.05) is 48.0 Å². The van der Waals surface area contributed by atoms with Gasteiger partial charge in [-0.25, -0.2) is 9.67 Å². The van der Waals surface area contributed by atoms with Crippen LogP contribution < -0.4 is 14.2 Å². The van der Waals surface area contributed by atoms with E-state index < -0.39 is 11.6 Å². The van der Waals surface area contributed by atoms with E-state index in [2.05, 4.69) is 9.80 Å². The van der Waals surface area contributed by atoms with Gasteiger partial charge in [0.2, 0.25) is 11.8 Å². The lowest BCUT2D eigenvalue weighted by Gasteiger charge is -2.44. The van der Waals surface area contributed by atoms with Crippen molar-refractivity contribution in [2.24, 2.45) is 5.92 Å². The summed E-state index contributed by atoms with van der Waals surface area (Å²) in [5.41, 5.74) is 5.13. The molecule has 0 aliphatic carbocycles. The normalized spacial score (nSPS) is 16.5. The Balaban J connectivity index is 1.16. The number of rotatable bonds is 12. The van der Waals surface area contributed by atoms with Crippen molar-refractivity contribution in [1.29, 1.82) is 0 Å². The zero-order chi connectivity index (χ0) is 36.6. The number of carboxylic acid groups (broad SMARTS) is 1. The predicted octanol–water partition coefficient (Wildman–Crippen LogP) is 6.08. The molecule has 272 valence electrons. The number of hydrogen-bond acceptors (Lipinski definition) is 10. The van der Waals surface area contributed by atoms with Gasteiger partial charge >= 0.3 is 5.97 Å². The first-order valence-electron chi connectivity index (χ1n) is 17.4. The summed E-state index contributed by atoms with van der Waals surface area (Å²) >= 11 is 7.19. The number of nitrogens with zero attached hydrogens (tertiary/aromatic N) is 6. The van der Waals surface area contributed by atoms with E-state index in [0.717, 1.165) is 64.7 Å². The number of halogens is 1. The zero-order valence-corrected chi connectivity index (χ0v) is 30.6. The quantitative estimate of drug-likeness (QED) is 0.155. The summed E-state index contributed by atoms with van der Waals surface area (Å²) < 4.78 is 19.0. The minimum absolute atomic E-state index is 0.224. The molecule has 0 bridgehead atoms. The van der Waals surface area contributed by atoms with E-state index in [-0.39, 0.29) is 12.3 Å². The number of carbonyl (C=O) groups is 1. The lowest BCUT2D eigenvalue weighted by atomic mass is 9.93. The van der Waals surface area contributed by atoms with Gasteiger partial charge in [-0.2, -0.15) is 10.1 Å². The SMILES string of the molecule is COc1cc(-n2ncc3c(-c4cccc(-c5ccc(CN6CCC(CC(=O)O)CC6)c(OC)n5)c4Cl)cccc32)nc(OC)c1CN1CC(C)(O)C1. The zero-order valence-electron chi connectivity index (χ0n) is 29.8. The maximum Gasteiger partial charge on any atom is 0.303 e. The van der Waals surface area contributed by atoms with Crippen molar-refractivity contribution >= 4 is 28.5 Å². The number of pyridine rings is 2. The van der Waals surface area contributed by atoms with E-state index in [0.29, 0.717) is 60.2 Å². The Hall–Kier alpha value is -4.75. The van der Waals surface area contributed by atoms with E-state index in [1.165, 1.54) is 0 Å². The van der Waals surface area contributed by atoms with Gasteiger partial charge in [-0.05, 0) is 56.5 Å². The number of ether oxygens (including phenoxy) is 3. The third kappa shape index (κ3) is 7.16. The van der Waals surface area contributed by atoms with E-state index in [1.807, 2.05) is 67.7 Å². The predicted molar refractivity (Wildman–Crippen MR) is 198 cm³/mol. The molecule has 7 rings (SSSR count). The molecule has 2 aromatic carbocycles. The van der Waals surface area contributed by atoms with Gasteiger partial charge in [0.25, 0.3) is 0 Å². The van der Waals surface area contributed by atoms with Crippen LogP contribution in [0.3, 0.4) is 0 Å². The lowest BCUT2D eigenvalue weighted by Crippen LogP contribution is -2.59. The summed E-state index contributed by atoms with van der Waals surface area (Å²) in [5.74, 6) is 1.63. The summed E-state index contributed by atoms with van der Waals surface area (Å²) in [4.78, 5) is 25.3. The molecular formula is C39H43ClN6O6. The molecule has 0 radical (unpaired) electrons. The average Bonchev–Trinajstić information content (AvgIpc) is 3.56. The fourth-order valence-corrected chi connectivity index (χ4v) is 7.85. The molecule has 12 nitrogen and oxygen atoms in total. The molecule has 2 aliphatic heterocycles. The van der Waals surface area contributed by atoms with Crippen LogP contribution in [-0.2, 0) is 17.9 Å². The number of hydrogen-bond donors (Lipinski definition) is 2. The van der Waals surface area contributed by atoms with Crippen LogP contribution in [-0.4, -0.2) is 98.8 Å². The fourth-order valence-electron chi connectivity index (χ4n) is 7.53. The third-order valence-corrected chi connectivity index (χ3v) is 10.5. The first-order chi connectivity index (χ1) is 25.1. The van der Waals surface area contributed by atoms with Gasteiger partial charge < -0.3 is 24.4 Å². The van der Waals surface area contributed by atoms with E-state index in [1.54, 1.807) is 26.0 Å². The second-order valence-electron chi connectivity index (χ2n) is 14.0. The summed E-state index contributed by atoms with van der Waals surface area (Å²) in [6.07, 6.45) is 3.77. The van der Waals surface area contributed by atoms with Crippen LogP contribution in [0.25, 0.3) is 39.1 Å². The molecule has 0 saturated carbocycles. The molecule has 52 heavy (non-hydrogen) atoms. The number of β-amino-alcohol motifs (C(OH)–C–C–N with tert-alkyl or cyclic N) is 1. The molecule has 0 unspecified atom stereocenters. The van der Waals surface area contributed by atoms with Gasteiger partial charge in [0.1, 0.15) is 5.75 Å². The Morgan fingerprint density at radius 1 is 0.904 bits per heavy atom. The molecule has 0 spiro atoms. The van der Waals surface area contributed by atoms with Gasteiger partial charge in [-0.15, -0.1) is 0 Å². The molecule has 5 aromatic rings. The molecule has 2 fully saturated rings. The monoisotopic (exact) mass is 726 g/mol. The smallest absolute Gasteiger partial charge is 0.303 e. The van der Waals surface area contributed by atoms with Crippen LogP contribution in [0.1, 0.15) is 37.3 Å². The van der Waals surface area contributed by atoms with Gasteiger partial charge in [0.15, 0.2) is 5.82 Å². The molecular weight excluding hydrogens is 684 g/mol. The third-order valence-electron chi connectivity index (χ3n) is 10.0. The fraction of sp³-hybridized carbons (Fsp3) is 0.385. The van der Waals surface area contributed by atoms with Crippen LogP contribution in [0.4, 0.5) is 0 Å². The van der Waals surface area contributed by atoms with Crippen LogP contribution in [0.5, 0.6) is 17.5 Å². The second-order valence-corrected chi connectivity index (χ2v) is 14.3. The highest BCUT2D eigenvalue weighted by atomic mass is 35.5. The molecule has 3 aromatic heterocycles. The molecule has 2 N–H and O–H groups in total. The lowest BCUT2D eigenvalue weighted by molar-refractivity contribution is -0.138. The van der Waals surface area contributed by atoms with Crippen molar-refractivity contribution in [3.05, 3.63) is 76.9 Å². The highest BCUT2D eigenvalue weighted by Gasteiger charge is 2.37. The van der Waals surface area contributed by atoms with Crippen molar-refractivity contribution in [2.45, 2.75) is 44.9 Å². The van der Waals surface area contributed by atoms with Crippen molar-refractivity contribution in [3.63, 3.8) is 0 Å². The summed E-state index contributed by atoms with van der Waals surface area (Å²) in [7, 11) is 4.83. The van der Waals surface area contributed by atoms with Crippen molar-refractivity contribution in [3.8, 4) is 45.7 Å². The topological polar surface area (TPSA) is 135 Å². The van der Waals surface area contributed by atoms with E-state index in [9.17, 15) is 9.90 Å². The molecule has 0 atom stereocenters. The molecule has 2 saturated heterocycles. The number of methoxy groups -OCH3 is 3. The Labute approximate surface area is 307 Å². The summed E-state index contributed by atoms with van der Waals surface area (Å²) in [6, 6.07) is 17.8. The molecule has 2 aliphatic rings. The van der Waals surface area contributed by atoms with Crippen LogP contribution in [0, 0.1) is 5.92 Å². The number of aromatic nitrogens is 4. The first kappa shape index (κ1) is 35.6. The number of benzene rings is 2. The standard InChI is InChI=1S/C39H43ClN6O6/c1-39(49)22-45(23-39)21-30-33(50-2)18-34(43-38(30)52-4)46-32-10-6-7-26(29(32)19-41-46)27-8-5-9-28(36(27)40)31-12-11-25(37(42-31)51-3)20-44-15-13-24(14-16-44)17-35(47)48/h5-12,18-19,24,49H,13-17,20-23H2,1-4H3,(H,47,48). The maximum absolute atomic E-state index is 11.1. The van der Waals surface area contributed by atoms with Gasteiger partial charge in [0, 0.05) is 60.7 Å². The highest BCUT2D eigenvalue weighted by Crippen LogP contribution is 2.40. The highest BCUT2D eigenvalue weighted by molar-refractivity contribution is 6.36. The van der Waals surface area contributed by atoms with Crippen LogP contribution >= 0.6 is 11.6 Å². The number of aliphatic carboxylic acids is 1. The number of aliphatic hydroxyl groups is 1. The van der Waals surface area contributed by atoms with Crippen molar-refractivity contribution < 1.29 is 29.2 Å². The summed E-state index contributed by atoms with van der Waals surface area (Å²) in [5, 5.41) is 25.6. The number of likely N-dealkylation sites (tertiary alicyclic amines) is 2. The average molecular weight is 727 g/mol. The largest absolute Gasteiger partial charge is 0.496 e. The Bertz CT molecular complexity index is 2080. The van der Waals surface area contributed by atoms with Gasteiger partial charge in [-0.3, -0.25) is 14.6 Å². The second kappa shape index (κ2) is 14.7. The molecule has 13 heteroatoms. The van der Waals surface area contributed by atoms with E-state index in [4.69, 9.17) is 46.0 Å². The van der Waals surface area contributed by atoms with Crippen LogP contribution in [0.2, 0.25) is 5.02 Å². The maximum atomic E-state index is 11.1. The molecule has 5 heterocycles. The Morgan fingerprint density at radius 2 is 1.62 bits per heavy atom. The van der Waals surface area contributed by atoms with E-state index >= 15 is 0 Å². The minimum atomic E-state index is -0.731. The number of fused-ring (bicyclic) bond motifs is 1. The molecule has 0 amide bonds. The number of carboxylic acids is 1. The minimum Gasteiger partial charge on any atom is -0.496 e. The Morgan fingerprint density at radius 3 is 2.31 bits per heavy atom. The van der Waals surface area contributed by atoms with Crippen molar-refractivity contribution in [2.75, 3.05) is 47.5 Å². The van der Waals surface area contributed by atoms with Gasteiger partial charge in [0.05, 0.1) is 54.9 Å². The number of piperidine rings is 1. The van der Waals surface area contributed by atoms with Crippen molar-refractivity contribution in [1.82, 2.24) is 29.5 Å². The van der Waals surface area contributed by atoms with Crippen LogP contribution in [0.15, 0.2) is 60.8 Å². The summed E-state index contributed by atoms with van der Waals surface area (Å²) in [6.45, 7) is 5.83.